The maximum absolute atomic E-state index is 14.7. The third-order valence-corrected chi connectivity index (χ3v) is 10.6. The molecule has 4 fully saturated rings. The molecule has 288 valence electrons. The Balaban J connectivity index is 1.49. The van der Waals surface area contributed by atoms with Crippen LogP contribution in [0.4, 0.5) is 0 Å². The molecule has 1 aromatic carbocycles. The molecule has 3 aliphatic heterocycles. The number of carbonyl (C=O) groups is 4. The van der Waals surface area contributed by atoms with Crippen LogP contribution in [0.1, 0.15) is 89.7 Å². The average molecular weight is 729 g/mol. The molecule has 14 heteroatoms. The molecule has 3 amide bonds. The summed E-state index contributed by atoms with van der Waals surface area (Å²) in [6.07, 6.45) is 5.86. The summed E-state index contributed by atoms with van der Waals surface area (Å²) in [5, 5.41) is 26.6. The van der Waals surface area contributed by atoms with Crippen molar-refractivity contribution in [2.75, 3.05) is 27.2 Å². The van der Waals surface area contributed by atoms with Crippen molar-refractivity contribution in [1.29, 1.82) is 0 Å². The summed E-state index contributed by atoms with van der Waals surface area (Å²) < 4.78 is 19.8. The summed E-state index contributed by atoms with van der Waals surface area (Å²) in [6.45, 7) is 5.38. The summed E-state index contributed by atoms with van der Waals surface area (Å²) in [4.78, 5) is 62.0. The number of hydrogen-bond donors (Lipinski definition) is 4. The number of ether oxygens (including phenoxy) is 3. The van der Waals surface area contributed by atoms with E-state index in [1.54, 1.807) is 20.2 Å². The molecule has 2 bridgehead atoms. The first-order chi connectivity index (χ1) is 24.9. The van der Waals surface area contributed by atoms with Gasteiger partial charge in [-0.3, -0.25) is 24.0 Å². The van der Waals surface area contributed by atoms with E-state index in [4.69, 9.17) is 19.0 Å². The number of hydrogen-bond acceptors (Lipinski definition) is 11. The second-order valence-electron chi connectivity index (χ2n) is 14.7. The van der Waals surface area contributed by atoms with Crippen molar-refractivity contribution in [2.24, 2.45) is 5.41 Å². The lowest BCUT2D eigenvalue weighted by atomic mass is 9.62. The van der Waals surface area contributed by atoms with Crippen LogP contribution in [0.2, 0.25) is 0 Å². The van der Waals surface area contributed by atoms with Gasteiger partial charge in [0.25, 0.3) is 0 Å². The molecule has 3 heterocycles. The van der Waals surface area contributed by atoms with Crippen LogP contribution in [0.25, 0.3) is 6.08 Å². The van der Waals surface area contributed by atoms with Gasteiger partial charge in [0.1, 0.15) is 35.9 Å². The second kappa shape index (κ2) is 17.2. The number of unbranched alkanes of at least 4 members (excludes halogenated alkanes) is 4. The van der Waals surface area contributed by atoms with E-state index in [-0.39, 0.29) is 32.0 Å². The van der Waals surface area contributed by atoms with Gasteiger partial charge in [0.15, 0.2) is 11.8 Å². The number of aliphatic hydroxyl groups is 2. The normalized spacial score (nSPS) is 28.6. The van der Waals surface area contributed by atoms with Crippen LogP contribution >= 0.6 is 0 Å². The third-order valence-electron chi connectivity index (χ3n) is 10.6. The second-order valence-corrected chi connectivity index (χ2v) is 14.7. The van der Waals surface area contributed by atoms with Crippen LogP contribution in [-0.2, 0) is 44.8 Å². The molecule has 14 nitrogen and oxygen atoms in total. The van der Waals surface area contributed by atoms with Crippen molar-refractivity contribution in [3.8, 4) is 0 Å². The van der Waals surface area contributed by atoms with Crippen molar-refractivity contribution in [3.63, 3.8) is 0 Å². The lowest BCUT2D eigenvalue weighted by Crippen LogP contribution is -2.71. The zero-order valence-corrected chi connectivity index (χ0v) is 31.0. The monoisotopic (exact) mass is 728 g/mol. The lowest BCUT2D eigenvalue weighted by molar-refractivity contribution is -0.224. The number of rotatable bonds is 18. The highest BCUT2D eigenvalue weighted by molar-refractivity contribution is 5.96. The molecule has 0 radical (unpaired) electrons. The largest absolute Gasteiger partial charge is 0.458 e. The van der Waals surface area contributed by atoms with Gasteiger partial charge < -0.3 is 40.0 Å². The molecular formula is C38H56N4O10. The molecule has 52 heavy (non-hydrogen) atoms. The molecule has 1 aromatic rings. The molecule has 8 unspecified atom stereocenters. The van der Waals surface area contributed by atoms with Gasteiger partial charge in [-0.25, -0.2) is 0 Å². The van der Waals surface area contributed by atoms with Crippen molar-refractivity contribution in [2.45, 2.75) is 133 Å². The van der Waals surface area contributed by atoms with Gasteiger partial charge >= 0.3 is 5.97 Å². The van der Waals surface area contributed by atoms with Gasteiger partial charge in [0.05, 0.1) is 19.3 Å². The minimum absolute atomic E-state index is 0.0623. The molecule has 1 saturated carbocycles. The smallest absolute Gasteiger partial charge is 0.327 e. The van der Waals surface area contributed by atoms with E-state index in [9.17, 15) is 29.4 Å². The Morgan fingerprint density at radius 1 is 1.04 bits per heavy atom. The first kappa shape index (κ1) is 39.8. The molecular weight excluding hydrogens is 672 g/mol. The van der Waals surface area contributed by atoms with Gasteiger partial charge in [-0.1, -0.05) is 63.8 Å². The fourth-order valence-electron chi connectivity index (χ4n) is 7.90. The maximum atomic E-state index is 14.7. The molecule has 0 aromatic heterocycles. The standard InChI is InChI=1S/C38H56N4O10/c1-6-8-10-18-37(19-11-9-7-2)50-30-27-22-38(36(48)40-29(24(3)44)34(46)39-20-21-43)32(35(47)49-27)42(52-33(38)31(30)51-37)23-26-14-12-25(13-15-26)16-17-28(45)41(4)5/h12-17,24,27,29-33,43-44H,6-11,18-23H2,1-5H3,(H,39,46)(H,40,48). The summed E-state index contributed by atoms with van der Waals surface area (Å²) in [7, 11) is 3.35. The molecule has 0 spiro atoms. The quantitative estimate of drug-likeness (QED) is 0.0991. The number of likely N-dealkylation sites (N-methyl/N-ethyl adjacent to an activating group) is 1. The molecule has 4 N–H and O–H groups in total. The Morgan fingerprint density at radius 2 is 1.69 bits per heavy atom. The first-order valence-electron chi connectivity index (χ1n) is 18.7. The lowest BCUT2D eigenvalue weighted by Gasteiger charge is -2.49. The summed E-state index contributed by atoms with van der Waals surface area (Å²) in [5.41, 5.74) is 0.0304. The molecule has 8 atom stereocenters. The minimum atomic E-state index is -1.55. The van der Waals surface area contributed by atoms with Gasteiger partial charge in [0.2, 0.25) is 17.7 Å². The van der Waals surface area contributed by atoms with Crippen molar-refractivity contribution >= 4 is 29.8 Å². The van der Waals surface area contributed by atoms with E-state index < -0.39 is 71.6 Å². The third kappa shape index (κ3) is 8.22. The number of amides is 3. The predicted molar refractivity (Wildman–Crippen MR) is 190 cm³/mol. The van der Waals surface area contributed by atoms with Gasteiger partial charge in [-0.05, 0) is 37.0 Å². The van der Waals surface area contributed by atoms with Gasteiger partial charge in [0, 0.05) is 46.0 Å². The number of hydroxylamine groups is 2. The van der Waals surface area contributed by atoms with Gasteiger partial charge in [-0.2, -0.15) is 5.06 Å². The average Bonchev–Trinajstić information content (AvgIpc) is 3.67. The van der Waals surface area contributed by atoms with Crippen LogP contribution in [-0.4, -0.2) is 120 Å². The van der Waals surface area contributed by atoms with Crippen LogP contribution in [0.3, 0.4) is 0 Å². The Morgan fingerprint density at radius 3 is 2.29 bits per heavy atom. The van der Waals surface area contributed by atoms with E-state index in [0.29, 0.717) is 12.8 Å². The highest BCUT2D eigenvalue weighted by Crippen LogP contribution is 2.58. The van der Waals surface area contributed by atoms with Crippen LogP contribution in [0.15, 0.2) is 30.3 Å². The highest BCUT2D eigenvalue weighted by Gasteiger charge is 2.76. The predicted octanol–water partition coefficient (Wildman–Crippen LogP) is 2.20. The number of nitrogens with one attached hydrogen (secondary N) is 2. The van der Waals surface area contributed by atoms with Gasteiger partial charge in [-0.15, -0.1) is 0 Å². The highest BCUT2D eigenvalue weighted by atomic mass is 16.8. The maximum Gasteiger partial charge on any atom is 0.327 e. The number of nitrogens with zero attached hydrogens (tertiary/aromatic N) is 2. The fourth-order valence-corrected chi connectivity index (χ4v) is 7.90. The first-order valence-corrected chi connectivity index (χ1v) is 18.7. The van der Waals surface area contributed by atoms with E-state index in [0.717, 1.165) is 49.7 Å². The number of benzene rings is 1. The van der Waals surface area contributed by atoms with E-state index in [1.165, 1.54) is 23.0 Å². The molecule has 1 aliphatic carbocycles. The molecule has 5 rings (SSSR count). The minimum Gasteiger partial charge on any atom is -0.458 e. The van der Waals surface area contributed by atoms with Crippen LogP contribution in [0, 0.1) is 5.41 Å². The Hall–Kier alpha value is -3.40. The van der Waals surface area contributed by atoms with E-state index >= 15 is 0 Å². The Kier molecular flexibility index (Phi) is 13.1. The topological polar surface area (TPSA) is 176 Å². The van der Waals surface area contributed by atoms with E-state index in [1.807, 2.05) is 24.3 Å². The number of esters is 1. The zero-order valence-electron chi connectivity index (χ0n) is 31.0. The number of carbonyl (C=O) groups excluding carboxylic acids is 4. The zero-order chi connectivity index (χ0) is 37.6. The van der Waals surface area contributed by atoms with Crippen molar-refractivity contribution in [3.05, 3.63) is 41.5 Å². The van der Waals surface area contributed by atoms with E-state index in [2.05, 4.69) is 24.5 Å². The fraction of sp³-hybridized carbons (Fsp3) is 0.684. The summed E-state index contributed by atoms with van der Waals surface area (Å²) >= 11 is 0. The summed E-state index contributed by atoms with van der Waals surface area (Å²) in [6, 6.07) is 4.85. The van der Waals surface area contributed by atoms with Crippen LogP contribution < -0.4 is 10.6 Å². The SMILES string of the molecule is CCCCCC1(CCCCC)OC2C3CC4(C(=O)NC(C(=O)NCCO)C(C)O)C(ON(Cc5ccc(C=CC(=O)N(C)C)cc5)C4C(=O)O3)C2O1. The Labute approximate surface area is 306 Å². The van der Waals surface area contributed by atoms with Crippen molar-refractivity contribution in [1.82, 2.24) is 20.6 Å². The number of aliphatic hydroxyl groups excluding tert-OH is 2. The molecule has 4 aliphatic rings. The van der Waals surface area contributed by atoms with Crippen molar-refractivity contribution < 1.29 is 48.4 Å². The Bertz CT molecular complexity index is 1440. The summed E-state index contributed by atoms with van der Waals surface area (Å²) in [5.74, 6) is -3.04. The number of fused-ring (bicyclic) bond motifs is 4. The van der Waals surface area contributed by atoms with Crippen LogP contribution in [0.5, 0.6) is 0 Å². The molecule has 3 saturated heterocycles.